The first-order valence-corrected chi connectivity index (χ1v) is 8.04. The summed E-state index contributed by atoms with van der Waals surface area (Å²) in [4.78, 5) is 23.7. The topological polar surface area (TPSA) is 55.4 Å². The number of nitrogens with one attached hydrogen (secondary N) is 1. The number of ether oxygens (including phenoxy) is 1. The van der Waals surface area contributed by atoms with Gasteiger partial charge in [0.15, 0.2) is 6.10 Å². The van der Waals surface area contributed by atoms with Crippen LogP contribution in [0.15, 0.2) is 53.0 Å². The van der Waals surface area contributed by atoms with E-state index in [4.69, 9.17) is 4.74 Å². The molecule has 0 bridgehead atoms. The highest BCUT2D eigenvalue weighted by Crippen LogP contribution is 2.15. The number of halogens is 3. The van der Waals surface area contributed by atoms with Gasteiger partial charge in [0.1, 0.15) is 11.6 Å². The Morgan fingerprint density at radius 1 is 1.16 bits per heavy atom. The van der Waals surface area contributed by atoms with Crippen molar-refractivity contribution in [3.8, 4) is 0 Å². The number of esters is 1. The minimum absolute atomic E-state index is 0.195. The van der Waals surface area contributed by atoms with E-state index in [-0.39, 0.29) is 5.69 Å². The van der Waals surface area contributed by atoms with Gasteiger partial charge in [0.25, 0.3) is 5.91 Å². The average molecular weight is 410 g/mol. The molecule has 0 fully saturated rings. The Hall–Kier alpha value is -2.54. The monoisotopic (exact) mass is 409 g/mol. The van der Waals surface area contributed by atoms with Crippen LogP contribution in [0.3, 0.4) is 0 Å². The van der Waals surface area contributed by atoms with Crippen LogP contribution in [0.2, 0.25) is 0 Å². The van der Waals surface area contributed by atoms with Gasteiger partial charge in [0.05, 0.1) is 5.69 Å². The summed E-state index contributed by atoms with van der Waals surface area (Å²) >= 11 is 3.30. The highest BCUT2D eigenvalue weighted by atomic mass is 79.9. The van der Waals surface area contributed by atoms with Crippen LogP contribution in [0.5, 0.6) is 0 Å². The average Bonchev–Trinajstić information content (AvgIpc) is 2.56. The molecule has 0 aliphatic carbocycles. The number of amides is 1. The van der Waals surface area contributed by atoms with Gasteiger partial charge in [-0.05, 0) is 42.8 Å². The lowest BCUT2D eigenvalue weighted by atomic mass is 10.2. The summed E-state index contributed by atoms with van der Waals surface area (Å²) in [7, 11) is 0. The van der Waals surface area contributed by atoms with Crippen molar-refractivity contribution >= 4 is 39.6 Å². The molecule has 1 N–H and O–H groups in total. The number of anilines is 1. The fourth-order valence-corrected chi connectivity index (χ4v) is 2.09. The van der Waals surface area contributed by atoms with Gasteiger partial charge in [0.2, 0.25) is 0 Å². The molecular formula is C18H14BrF2NO3. The van der Waals surface area contributed by atoms with Gasteiger partial charge in [-0.15, -0.1) is 0 Å². The largest absolute Gasteiger partial charge is 0.449 e. The van der Waals surface area contributed by atoms with E-state index >= 15 is 0 Å². The Labute approximate surface area is 151 Å². The molecule has 0 saturated heterocycles. The van der Waals surface area contributed by atoms with E-state index in [0.717, 1.165) is 22.2 Å². The van der Waals surface area contributed by atoms with Crippen molar-refractivity contribution in [1.29, 1.82) is 0 Å². The van der Waals surface area contributed by atoms with Crippen LogP contribution in [0.4, 0.5) is 14.5 Å². The Kier molecular flexibility index (Phi) is 6.41. The first kappa shape index (κ1) is 18.8. The molecule has 130 valence electrons. The summed E-state index contributed by atoms with van der Waals surface area (Å²) in [5, 5.41) is 2.24. The Bertz CT molecular complexity index is 806. The fraction of sp³-hybridized carbons (Fsp3) is 0.111. The van der Waals surface area contributed by atoms with Gasteiger partial charge in [0, 0.05) is 16.6 Å². The molecule has 1 atom stereocenters. The molecule has 0 radical (unpaired) electrons. The quantitative estimate of drug-likeness (QED) is 0.591. The van der Waals surface area contributed by atoms with Crippen LogP contribution in [-0.4, -0.2) is 18.0 Å². The highest BCUT2D eigenvalue weighted by molar-refractivity contribution is 9.10. The van der Waals surface area contributed by atoms with Crippen LogP contribution in [0.25, 0.3) is 6.08 Å². The molecule has 7 heteroatoms. The van der Waals surface area contributed by atoms with Crippen molar-refractivity contribution in [1.82, 2.24) is 0 Å². The zero-order valence-corrected chi connectivity index (χ0v) is 14.7. The van der Waals surface area contributed by atoms with E-state index in [1.165, 1.54) is 13.0 Å². The third-order valence-electron chi connectivity index (χ3n) is 3.13. The van der Waals surface area contributed by atoms with Gasteiger partial charge in [-0.1, -0.05) is 28.1 Å². The van der Waals surface area contributed by atoms with E-state index < -0.39 is 29.6 Å². The van der Waals surface area contributed by atoms with Crippen molar-refractivity contribution in [2.24, 2.45) is 0 Å². The summed E-state index contributed by atoms with van der Waals surface area (Å²) < 4.78 is 32.2. The van der Waals surface area contributed by atoms with Gasteiger partial charge >= 0.3 is 5.97 Å². The van der Waals surface area contributed by atoms with Crippen LogP contribution in [0, 0.1) is 11.6 Å². The Morgan fingerprint density at radius 2 is 1.84 bits per heavy atom. The third kappa shape index (κ3) is 5.79. The molecule has 1 amide bonds. The maximum atomic E-state index is 13.5. The summed E-state index contributed by atoms with van der Waals surface area (Å²) in [6, 6.07) is 9.97. The van der Waals surface area contributed by atoms with Crippen molar-refractivity contribution in [3.63, 3.8) is 0 Å². The third-order valence-corrected chi connectivity index (χ3v) is 3.66. The lowest BCUT2D eigenvalue weighted by molar-refractivity contribution is -0.148. The maximum absolute atomic E-state index is 13.5. The number of hydrogen-bond donors (Lipinski definition) is 1. The number of hydrogen-bond acceptors (Lipinski definition) is 3. The molecule has 2 aromatic rings. The second-order valence-corrected chi connectivity index (χ2v) is 5.99. The minimum atomic E-state index is -1.15. The molecule has 2 rings (SSSR count). The predicted octanol–water partition coefficient (Wildman–Crippen LogP) is 4.31. The number of carbonyl (C=O) groups excluding carboxylic acids is 2. The van der Waals surface area contributed by atoms with Crippen LogP contribution in [0.1, 0.15) is 12.5 Å². The number of carbonyl (C=O) groups is 2. The molecular weight excluding hydrogens is 396 g/mol. The van der Waals surface area contributed by atoms with Crippen LogP contribution >= 0.6 is 15.9 Å². The van der Waals surface area contributed by atoms with Crippen molar-refractivity contribution in [3.05, 3.63) is 70.2 Å². The van der Waals surface area contributed by atoms with Crippen LogP contribution in [-0.2, 0) is 14.3 Å². The van der Waals surface area contributed by atoms with Crippen molar-refractivity contribution in [2.45, 2.75) is 13.0 Å². The van der Waals surface area contributed by atoms with Gasteiger partial charge in [-0.2, -0.15) is 0 Å². The second kappa shape index (κ2) is 8.53. The Morgan fingerprint density at radius 3 is 2.48 bits per heavy atom. The zero-order chi connectivity index (χ0) is 18.4. The van der Waals surface area contributed by atoms with E-state index in [9.17, 15) is 18.4 Å². The number of benzene rings is 2. The first-order chi connectivity index (χ1) is 11.8. The smallest absolute Gasteiger partial charge is 0.331 e. The molecule has 25 heavy (non-hydrogen) atoms. The maximum Gasteiger partial charge on any atom is 0.331 e. The molecule has 0 aromatic heterocycles. The van der Waals surface area contributed by atoms with Crippen molar-refractivity contribution < 1.29 is 23.1 Å². The minimum Gasteiger partial charge on any atom is -0.449 e. The number of rotatable bonds is 5. The fourth-order valence-electron chi connectivity index (χ4n) is 1.83. The van der Waals surface area contributed by atoms with Crippen LogP contribution < -0.4 is 5.32 Å². The Balaban J connectivity index is 1.91. The predicted molar refractivity (Wildman–Crippen MR) is 93.7 cm³/mol. The van der Waals surface area contributed by atoms with Gasteiger partial charge in [-0.3, -0.25) is 4.79 Å². The highest BCUT2D eigenvalue weighted by Gasteiger charge is 2.18. The molecule has 4 nitrogen and oxygen atoms in total. The molecule has 0 aliphatic rings. The van der Waals surface area contributed by atoms with Gasteiger partial charge in [-0.25, -0.2) is 13.6 Å². The first-order valence-electron chi connectivity index (χ1n) is 7.25. The molecule has 0 heterocycles. The molecule has 0 saturated carbocycles. The molecule has 0 aliphatic heterocycles. The van der Waals surface area contributed by atoms with E-state index in [2.05, 4.69) is 21.2 Å². The normalized spacial score (nSPS) is 12.0. The van der Waals surface area contributed by atoms with E-state index in [0.29, 0.717) is 6.07 Å². The summed E-state index contributed by atoms with van der Waals surface area (Å²) in [5.74, 6) is -3.11. The summed E-state index contributed by atoms with van der Waals surface area (Å²) in [6.45, 7) is 1.35. The molecule has 2 aromatic carbocycles. The SMILES string of the molecule is C[C@H](OC(=O)/C=C/c1ccc(Br)cc1)C(=O)Nc1ccc(F)cc1F. The molecule has 0 unspecified atom stereocenters. The van der Waals surface area contributed by atoms with E-state index in [1.807, 2.05) is 12.1 Å². The van der Waals surface area contributed by atoms with Crippen molar-refractivity contribution in [2.75, 3.05) is 5.32 Å². The zero-order valence-electron chi connectivity index (χ0n) is 13.1. The van der Waals surface area contributed by atoms with E-state index in [1.54, 1.807) is 18.2 Å². The molecule has 0 spiro atoms. The lowest BCUT2D eigenvalue weighted by Crippen LogP contribution is -2.29. The lowest BCUT2D eigenvalue weighted by Gasteiger charge is -2.12. The summed E-state index contributed by atoms with van der Waals surface area (Å²) in [6.07, 6.45) is 1.58. The standard InChI is InChI=1S/C18H14BrF2NO3/c1-11(18(24)22-16-8-7-14(20)10-15(16)21)25-17(23)9-4-12-2-5-13(19)6-3-12/h2-11H,1H3,(H,22,24)/b9-4+/t11-/m0/s1. The second-order valence-electron chi connectivity index (χ2n) is 5.08. The summed E-state index contributed by atoms with van der Waals surface area (Å²) in [5.41, 5.74) is 0.588. The van der Waals surface area contributed by atoms with Gasteiger partial charge < -0.3 is 10.1 Å².